The summed E-state index contributed by atoms with van der Waals surface area (Å²) in [5, 5.41) is 34.1. The monoisotopic (exact) mass is 856 g/mol. The molecule has 1 aromatic heterocycles. The van der Waals surface area contributed by atoms with Gasteiger partial charge in [-0.2, -0.15) is 25.3 Å². The highest BCUT2D eigenvalue weighted by atomic mass is 32.1. The maximum Gasteiger partial charge on any atom is 0.327 e. The Labute approximate surface area is 353 Å². The lowest BCUT2D eigenvalue weighted by Crippen LogP contribution is -2.61. The molecular formula is C39H56N10O8S2. The van der Waals surface area contributed by atoms with Gasteiger partial charge in [-0.3, -0.25) is 29.0 Å². The predicted molar refractivity (Wildman–Crippen MR) is 231 cm³/mol. The van der Waals surface area contributed by atoms with E-state index in [1.165, 1.54) is 20.8 Å². The molecule has 0 spiro atoms. The molecule has 18 nitrogen and oxygen atoms in total. The van der Waals surface area contributed by atoms with E-state index < -0.39 is 82.6 Å². The smallest absolute Gasteiger partial charge is 0.327 e. The molecule has 1 heterocycles. The molecule has 0 radical (unpaired) electrons. The number of amides is 5. The number of aliphatic imine (C=N–C) groups is 1. The number of aromatic amines is 1. The Morgan fingerprint density at radius 3 is 1.98 bits per heavy atom. The van der Waals surface area contributed by atoms with Gasteiger partial charge in [-0.25, -0.2) is 4.79 Å². The first-order valence-electron chi connectivity index (χ1n) is 19.0. The lowest BCUT2D eigenvalue weighted by molar-refractivity contribution is -0.143. The van der Waals surface area contributed by atoms with Gasteiger partial charge in [-0.1, -0.05) is 48.5 Å². The molecule has 2 aromatic carbocycles. The van der Waals surface area contributed by atoms with Crippen molar-refractivity contribution in [3.05, 3.63) is 71.9 Å². The number of thiol groups is 2. The molecule has 3 aromatic rings. The van der Waals surface area contributed by atoms with Gasteiger partial charge < -0.3 is 59.0 Å². The first-order chi connectivity index (χ1) is 27.8. The van der Waals surface area contributed by atoms with Crippen molar-refractivity contribution in [3.63, 3.8) is 0 Å². The molecule has 0 aliphatic rings. The van der Waals surface area contributed by atoms with Gasteiger partial charge in [-0.05, 0) is 63.0 Å². The highest BCUT2D eigenvalue weighted by molar-refractivity contribution is 7.81. The first kappa shape index (κ1) is 48.1. The number of nitrogens with one attached hydrogen (secondary N) is 6. The number of carboxylic acid groups (broad SMARTS) is 1. The number of nitrogens with two attached hydrogens (primary N) is 3. The summed E-state index contributed by atoms with van der Waals surface area (Å²) in [6, 6.07) is 7.97. The van der Waals surface area contributed by atoms with Gasteiger partial charge in [-0.15, -0.1) is 0 Å². The molecule has 14 N–H and O–H groups in total. The van der Waals surface area contributed by atoms with E-state index in [0.717, 1.165) is 10.9 Å². The second kappa shape index (κ2) is 22.7. The number of hydrogen-bond acceptors (Lipinski definition) is 11. The number of carboxylic acids is 1. The van der Waals surface area contributed by atoms with E-state index in [1.54, 1.807) is 42.6 Å². The molecule has 59 heavy (non-hydrogen) atoms. The molecule has 0 aliphatic heterocycles. The summed E-state index contributed by atoms with van der Waals surface area (Å²) in [6.07, 6.45) is 0.477. The van der Waals surface area contributed by atoms with Crippen molar-refractivity contribution >= 4 is 77.6 Å². The van der Waals surface area contributed by atoms with Crippen LogP contribution in [-0.4, -0.2) is 116 Å². The second-order valence-corrected chi connectivity index (χ2v) is 16.3. The Morgan fingerprint density at radius 2 is 1.37 bits per heavy atom. The van der Waals surface area contributed by atoms with Gasteiger partial charge in [0.05, 0.1) is 12.1 Å². The predicted octanol–water partition coefficient (Wildman–Crippen LogP) is -0.748. The lowest BCUT2D eigenvalue weighted by Gasteiger charge is -2.30. The number of aliphatic carboxylic acids is 1. The first-order valence-corrected chi connectivity index (χ1v) is 20.1. The van der Waals surface area contributed by atoms with E-state index >= 15 is 0 Å². The number of rotatable bonds is 23. The third-order valence-corrected chi connectivity index (χ3v) is 9.82. The van der Waals surface area contributed by atoms with E-state index in [1.807, 2.05) is 18.2 Å². The summed E-state index contributed by atoms with van der Waals surface area (Å²) in [4.78, 5) is 88.0. The van der Waals surface area contributed by atoms with Crippen molar-refractivity contribution in [2.45, 2.75) is 100.0 Å². The molecule has 3 rings (SSSR count). The minimum absolute atomic E-state index is 0.0431. The number of guanidine groups is 1. The summed E-state index contributed by atoms with van der Waals surface area (Å²) in [5.41, 5.74) is 18.9. The number of fused-ring (bicyclic) bond motifs is 1. The third kappa shape index (κ3) is 15.1. The molecule has 20 heteroatoms. The Balaban J connectivity index is 1.98. The SMILES string of the molecule is C[C@@H](O)[C@H](NC(=O)[C@@H](N)CCS)C(=O)N[C@H](Cc1ccccc1)C(=O)N[C@@H](CCCN=C(N)N)C(=O)N[C@@H](Cc1c[nH]c2ccccc12)C(=O)N[C@H](C(=O)O)C(C)(C)S. The molecule has 7 atom stereocenters. The van der Waals surface area contributed by atoms with Crippen LogP contribution in [0.4, 0.5) is 0 Å². The zero-order valence-corrected chi connectivity index (χ0v) is 35.0. The van der Waals surface area contributed by atoms with Crippen molar-refractivity contribution in [1.29, 1.82) is 0 Å². The van der Waals surface area contributed by atoms with Crippen molar-refractivity contribution < 1.29 is 39.0 Å². The zero-order valence-electron chi connectivity index (χ0n) is 33.2. The molecular weight excluding hydrogens is 801 g/mol. The fourth-order valence-corrected chi connectivity index (χ4v) is 6.54. The minimum atomic E-state index is -1.50. The van der Waals surface area contributed by atoms with E-state index in [0.29, 0.717) is 16.9 Å². The topological polar surface area (TPSA) is 309 Å². The number of aromatic nitrogens is 1. The van der Waals surface area contributed by atoms with E-state index in [4.69, 9.17) is 17.2 Å². The molecule has 0 saturated carbocycles. The number of benzene rings is 2. The zero-order chi connectivity index (χ0) is 43.9. The second-order valence-electron chi connectivity index (χ2n) is 14.7. The van der Waals surface area contributed by atoms with Crippen LogP contribution < -0.4 is 43.8 Å². The van der Waals surface area contributed by atoms with Gasteiger partial charge in [0.15, 0.2) is 5.96 Å². The van der Waals surface area contributed by atoms with Crippen LogP contribution in [-0.2, 0) is 41.6 Å². The van der Waals surface area contributed by atoms with Crippen LogP contribution in [0.25, 0.3) is 10.9 Å². The summed E-state index contributed by atoms with van der Waals surface area (Å²) in [7, 11) is 0. The van der Waals surface area contributed by atoms with Crippen LogP contribution in [0.2, 0.25) is 0 Å². The van der Waals surface area contributed by atoms with Crippen LogP contribution in [0.5, 0.6) is 0 Å². The Hall–Kier alpha value is -5.31. The number of carbonyl (C=O) groups excluding carboxylic acids is 5. The van der Waals surface area contributed by atoms with Gasteiger partial charge in [0, 0.05) is 41.2 Å². The van der Waals surface area contributed by atoms with Gasteiger partial charge in [0.1, 0.15) is 30.2 Å². The fourth-order valence-electron chi connectivity index (χ4n) is 6.09. The lowest BCUT2D eigenvalue weighted by atomic mass is 10.00. The van der Waals surface area contributed by atoms with Gasteiger partial charge in [0.25, 0.3) is 0 Å². The molecule has 5 amide bonds. The maximum absolute atomic E-state index is 14.3. The number of carbonyl (C=O) groups is 6. The van der Waals surface area contributed by atoms with E-state index in [2.05, 4.69) is 61.8 Å². The number of H-pyrrole nitrogens is 1. The summed E-state index contributed by atoms with van der Waals surface area (Å²) >= 11 is 8.46. The van der Waals surface area contributed by atoms with E-state index in [9.17, 15) is 39.0 Å². The molecule has 0 saturated heterocycles. The van der Waals surface area contributed by atoms with Crippen LogP contribution in [0.15, 0.2) is 65.8 Å². The van der Waals surface area contributed by atoms with Crippen LogP contribution in [0.1, 0.15) is 51.2 Å². The van der Waals surface area contributed by atoms with E-state index in [-0.39, 0.29) is 44.6 Å². The van der Waals surface area contributed by atoms with Crippen LogP contribution >= 0.6 is 25.3 Å². The van der Waals surface area contributed by atoms with Crippen molar-refractivity contribution in [2.75, 3.05) is 12.3 Å². The third-order valence-electron chi connectivity index (χ3n) is 9.31. The van der Waals surface area contributed by atoms with Crippen molar-refractivity contribution in [2.24, 2.45) is 22.2 Å². The summed E-state index contributed by atoms with van der Waals surface area (Å²) < 4.78 is -1.20. The van der Waals surface area contributed by atoms with Crippen molar-refractivity contribution in [1.82, 2.24) is 31.6 Å². The van der Waals surface area contributed by atoms with Crippen LogP contribution in [0.3, 0.4) is 0 Å². The normalized spacial score (nSPS) is 15.0. The standard InChI is InChI=1S/C39H56N10O8S2/c1-21(50)30(48-32(51)25(40)15-17-58)36(55)47-28(18-22-10-5-4-6-11-22)34(53)45-27(14-9-16-43-38(41)42)33(52)46-29(35(54)49-31(37(56)57)39(2,3)59)19-23-20-44-26-13-8-7-12-24(23)26/h4-8,10-13,20-21,25,27-31,44,50,58-59H,9,14-19,40H2,1-3H3,(H,45,53)(H,46,52)(H,47,55)(H,48,51)(H,49,54)(H,56,57)(H4,41,42,43)/t21-,25+,27+,28-,29+,30+,31-/m1/s1. The number of aliphatic hydroxyl groups excluding tert-OH is 1. The maximum atomic E-state index is 14.3. The Kier molecular flexibility index (Phi) is 18.5. The summed E-state index contributed by atoms with van der Waals surface area (Å²) in [6.45, 7) is 4.40. The number of hydrogen-bond donors (Lipinski definition) is 13. The minimum Gasteiger partial charge on any atom is -0.480 e. The highest BCUT2D eigenvalue weighted by Gasteiger charge is 2.37. The average molecular weight is 857 g/mol. The molecule has 0 aliphatic carbocycles. The Bertz CT molecular complexity index is 1930. The average Bonchev–Trinajstić information content (AvgIpc) is 3.58. The largest absolute Gasteiger partial charge is 0.480 e. The molecule has 322 valence electrons. The molecule has 0 bridgehead atoms. The van der Waals surface area contributed by atoms with Crippen molar-refractivity contribution in [3.8, 4) is 0 Å². The number of nitrogens with zero attached hydrogens (tertiary/aromatic N) is 1. The fraction of sp³-hybridized carbons (Fsp3) is 0.462. The number of para-hydroxylation sites is 1. The van der Waals surface area contributed by atoms with Crippen LogP contribution in [0, 0.1) is 0 Å². The quantitative estimate of drug-likeness (QED) is 0.0244. The number of aliphatic hydroxyl groups is 1. The Morgan fingerprint density at radius 1 is 0.797 bits per heavy atom. The summed E-state index contributed by atoms with van der Waals surface area (Å²) in [5.74, 6) is -5.28. The molecule has 0 fully saturated rings. The van der Waals surface area contributed by atoms with Gasteiger partial charge in [0.2, 0.25) is 29.5 Å². The molecule has 0 unspecified atom stereocenters. The van der Waals surface area contributed by atoms with Gasteiger partial charge >= 0.3 is 5.97 Å². The highest BCUT2D eigenvalue weighted by Crippen LogP contribution is 2.21.